The summed E-state index contributed by atoms with van der Waals surface area (Å²) in [5.74, 6) is -6.17. The quantitative estimate of drug-likeness (QED) is 0.129. The van der Waals surface area contributed by atoms with E-state index in [1.165, 1.54) is 35.3 Å². The lowest BCUT2D eigenvalue weighted by molar-refractivity contribution is -0.758. The molecule has 0 bridgehead atoms. The first-order valence-corrected chi connectivity index (χ1v) is 17.7. The minimum Gasteiger partial charge on any atom is -0.477 e. The maximum absolute atomic E-state index is 13.8. The second kappa shape index (κ2) is 12.2. The van der Waals surface area contributed by atoms with E-state index in [-0.39, 0.29) is 27.8 Å². The molecule has 8 atom stereocenters. The largest absolute Gasteiger partial charge is 0.477 e. The van der Waals surface area contributed by atoms with Crippen LogP contribution in [-0.4, -0.2) is 98.2 Å². The number of carboxylic acid groups (broad SMARTS) is 2. The Hall–Kier alpha value is -3.90. The van der Waals surface area contributed by atoms with Crippen LogP contribution >= 0.6 is 23.5 Å². The number of aromatic nitrogens is 6. The summed E-state index contributed by atoms with van der Waals surface area (Å²) in [6.07, 6.45) is 4.77. The predicted octanol–water partition coefficient (Wildman–Crippen LogP) is -0.809. The van der Waals surface area contributed by atoms with Gasteiger partial charge in [0.2, 0.25) is 18.6 Å². The first-order chi connectivity index (χ1) is 22.8. The molecule has 2 aromatic heterocycles. The first-order valence-electron chi connectivity index (χ1n) is 15.9. The molecule has 4 N–H and O–H groups in total. The second-order valence-electron chi connectivity index (χ2n) is 13.2. The van der Waals surface area contributed by atoms with Crippen LogP contribution in [-0.2, 0) is 50.1 Å². The Morgan fingerprint density at radius 1 is 0.958 bits per heavy atom. The van der Waals surface area contributed by atoms with Crippen molar-refractivity contribution in [2.45, 2.75) is 88.7 Å². The van der Waals surface area contributed by atoms with Crippen molar-refractivity contribution < 1.29 is 48.6 Å². The smallest absolute Gasteiger partial charge is 0.353 e. The maximum atomic E-state index is 13.8. The third kappa shape index (κ3) is 5.28. The minimum absolute atomic E-state index is 0.00438. The number of nitrogens with zero attached hydrogens (tertiary/aromatic N) is 7. The molecule has 1 amide bonds. The van der Waals surface area contributed by atoms with Crippen LogP contribution in [0.15, 0.2) is 46.5 Å². The van der Waals surface area contributed by atoms with Crippen molar-refractivity contribution in [2.24, 2.45) is 23.7 Å². The van der Waals surface area contributed by atoms with E-state index in [9.17, 15) is 34.5 Å². The van der Waals surface area contributed by atoms with Gasteiger partial charge in [-0.15, -0.1) is 23.5 Å². The molecule has 5 aliphatic heterocycles. The van der Waals surface area contributed by atoms with Crippen LogP contribution in [0.3, 0.4) is 0 Å². The Balaban J connectivity index is 1.03. The van der Waals surface area contributed by atoms with Gasteiger partial charge in [0, 0.05) is 27.7 Å². The number of carbonyl (C=O) groups excluding carboxylic acids is 2. The van der Waals surface area contributed by atoms with Crippen LogP contribution in [0.1, 0.15) is 27.7 Å². The summed E-state index contributed by atoms with van der Waals surface area (Å²) in [5.41, 5.74) is -0.0277. The van der Waals surface area contributed by atoms with Crippen LogP contribution in [0.2, 0.25) is 0 Å². The molecule has 0 saturated carbocycles. The van der Waals surface area contributed by atoms with Gasteiger partial charge in [-0.2, -0.15) is 18.7 Å². The molecule has 0 aromatic carbocycles. The van der Waals surface area contributed by atoms with E-state index in [1.54, 1.807) is 32.2 Å². The number of aliphatic hydroxyl groups excluding tert-OH is 1. The average molecular weight is 703 g/mol. The van der Waals surface area contributed by atoms with Crippen molar-refractivity contribution in [3.8, 4) is 0 Å². The molecule has 5 aliphatic rings. The summed E-state index contributed by atoms with van der Waals surface area (Å²) in [7, 11) is 0. The van der Waals surface area contributed by atoms with E-state index in [1.807, 2.05) is 32.6 Å². The van der Waals surface area contributed by atoms with Gasteiger partial charge in [0.25, 0.3) is 0 Å². The van der Waals surface area contributed by atoms with Gasteiger partial charge < -0.3 is 30.3 Å². The molecular formula is C30H38N8O8S2+2. The summed E-state index contributed by atoms with van der Waals surface area (Å²) in [5, 5.41) is 34.2. The lowest BCUT2D eigenvalue weighted by Crippen LogP contribution is -2.64. The molecule has 256 valence electrons. The van der Waals surface area contributed by atoms with Crippen molar-refractivity contribution in [1.82, 2.24) is 29.5 Å². The summed E-state index contributed by atoms with van der Waals surface area (Å²) in [6, 6.07) is -1.27. The molecule has 2 unspecified atom stereocenters. The van der Waals surface area contributed by atoms with Gasteiger partial charge in [-0.25, -0.2) is 9.59 Å². The molecule has 0 radical (unpaired) electrons. The molecule has 16 nitrogen and oxygen atoms in total. The number of fused-ring (bicyclic) bond motifs is 3. The van der Waals surface area contributed by atoms with Crippen molar-refractivity contribution in [1.29, 1.82) is 0 Å². The van der Waals surface area contributed by atoms with E-state index in [0.717, 1.165) is 0 Å². The van der Waals surface area contributed by atoms with E-state index in [0.29, 0.717) is 36.0 Å². The van der Waals surface area contributed by atoms with Gasteiger partial charge in [-0.05, 0) is 23.8 Å². The lowest BCUT2D eigenvalue weighted by Gasteiger charge is -2.47. The number of hydrogen-bond acceptors (Lipinski definition) is 11. The van der Waals surface area contributed by atoms with E-state index in [4.69, 9.17) is 4.74 Å². The number of amides is 1. The van der Waals surface area contributed by atoms with Crippen molar-refractivity contribution in [3.63, 3.8) is 0 Å². The third-order valence-electron chi connectivity index (χ3n) is 10.1. The molecule has 1 saturated heterocycles. The number of β-lactam (4-membered cyclic amide) rings is 1. The minimum atomic E-state index is -1.19. The number of aliphatic carboxylic acids is 2. The summed E-state index contributed by atoms with van der Waals surface area (Å²) in [4.78, 5) is 62.8. The van der Waals surface area contributed by atoms with Gasteiger partial charge in [0.05, 0.1) is 41.7 Å². The molecule has 0 aliphatic carbocycles. The summed E-state index contributed by atoms with van der Waals surface area (Å²) >= 11 is 2.90. The van der Waals surface area contributed by atoms with Crippen LogP contribution in [0, 0.1) is 23.7 Å². The van der Waals surface area contributed by atoms with Crippen LogP contribution in [0.5, 0.6) is 0 Å². The fourth-order valence-electron chi connectivity index (χ4n) is 7.83. The summed E-state index contributed by atoms with van der Waals surface area (Å²) < 4.78 is 13.7. The number of nitrogens with one attached hydrogen (secondary N) is 1. The molecule has 2 aromatic rings. The number of thioether (sulfide) groups is 2. The number of hydrogen-bond donors (Lipinski definition) is 4. The first kappa shape index (κ1) is 32.6. The van der Waals surface area contributed by atoms with Crippen molar-refractivity contribution in [2.75, 3.05) is 0 Å². The number of rotatable bonds is 11. The number of aliphatic hydroxyl groups is 1. The highest BCUT2D eigenvalue weighted by Gasteiger charge is 2.61. The van der Waals surface area contributed by atoms with E-state index in [2.05, 4.69) is 15.3 Å². The monoisotopic (exact) mass is 702 g/mol. The number of ether oxygens (including phenoxy) is 1. The van der Waals surface area contributed by atoms with Crippen LogP contribution < -0.4 is 14.7 Å². The second-order valence-corrected chi connectivity index (χ2v) is 15.9. The van der Waals surface area contributed by atoms with Crippen molar-refractivity contribution in [3.05, 3.63) is 46.5 Å². The van der Waals surface area contributed by atoms with Gasteiger partial charge in [0.15, 0.2) is 0 Å². The Morgan fingerprint density at radius 2 is 1.54 bits per heavy atom. The highest BCUT2D eigenvalue weighted by atomic mass is 32.2. The zero-order chi connectivity index (χ0) is 34.2. The third-order valence-corrected chi connectivity index (χ3v) is 13.0. The number of esters is 1. The highest BCUT2D eigenvalue weighted by Crippen LogP contribution is 2.52. The Bertz CT molecular complexity index is 1710. The lowest BCUT2D eigenvalue weighted by atomic mass is 9.79. The maximum Gasteiger partial charge on any atom is 0.353 e. The topological polar surface area (TPSA) is 197 Å². The van der Waals surface area contributed by atoms with E-state index >= 15 is 0 Å². The Kier molecular flexibility index (Phi) is 8.30. The Labute approximate surface area is 283 Å². The van der Waals surface area contributed by atoms with Gasteiger partial charge in [-0.3, -0.25) is 9.59 Å². The molecule has 48 heavy (non-hydrogen) atoms. The van der Waals surface area contributed by atoms with Gasteiger partial charge >= 0.3 is 30.6 Å². The van der Waals surface area contributed by atoms with Crippen LogP contribution in [0.25, 0.3) is 0 Å². The zero-order valence-electron chi connectivity index (χ0n) is 26.7. The molecule has 18 heteroatoms. The van der Waals surface area contributed by atoms with Gasteiger partial charge in [-0.1, -0.05) is 13.8 Å². The van der Waals surface area contributed by atoms with E-state index < -0.39 is 65.9 Å². The predicted molar refractivity (Wildman–Crippen MR) is 167 cm³/mol. The number of carboxylic acids is 2. The average Bonchev–Trinajstić information content (AvgIpc) is 3.83. The molecular weight excluding hydrogens is 665 g/mol. The molecule has 0 spiro atoms. The molecule has 1 fully saturated rings. The highest BCUT2D eigenvalue weighted by molar-refractivity contribution is 8.04. The van der Waals surface area contributed by atoms with Gasteiger partial charge in [0.1, 0.15) is 36.5 Å². The SMILES string of the molecule is C[C@@H](O)C(C(=O)O[C@H](C)[C@H]1C(=O)N2C(C(=O)O)=C(SC3Cn4cnc[n+]4C3)[C@H](C)[C@H]12)C1NC(C(=O)O)=C(SC2Cn3cnc[n+]3C2)[C@@H]1C. The molecule has 7 heterocycles. The van der Waals surface area contributed by atoms with Crippen LogP contribution in [0.4, 0.5) is 0 Å². The zero-order valence-corrected chi connectivity index (χ0v) is 28.4. The molecule has 7 rings (SSSR count). The fraction of sp³-hybridized carbons (Fsp3) is 0.600. The number of carbonyl (C=O) groups is 4. The van der Waals surface area contributed by atoms with Crippen molar-refractivity contribution >= 4 is 47.3 Å². The standard InChI is InChI=1S/C30H36N8O8S2/c1-13-21(33-22(28(41)42)25(13)47-17-5-34-9-31-10-35(34)6-17)19(15(3)39)30(45)46-16(4)20-23-14(2)26(24(29(43)44)38(23)27(20)40)48-18-7-36-11-32-12-37(36)8-18/h9-21,23,33,39H,5-8H2,1-4H3/p+2/t13-,14-,15-,16-,19?,20-,21?,23-/m1/s1. The Morgan fingerprint density at radius 3 is 2.06 bits per heavy atom. The summed E-state index contributed by atoms with van der Waals surface area (Å²) in [6.45, 7) is 9.39. The fourth-order valence-corrected chi connectivity index (χ4v) is 10.7. The normalized spacial score (nSPS) is 30.8.